The lowest BCUT2D eigenvalue weighted by atomic mass is 10.2. The molecule has 0 amide bonds. The van der Waals surface area contributed by atoms with Gasteiger partial charge >= 0.3 is 0 Å². The number of hydrogen-bond acceptors (Lipinski definition) is 3. The lowest BCUT2D eigenvalue weighted by molar-refractivity contribution is 0.601. The number of rotatable bonds is 4. The molecule has 5 nitrogen and oxygen atoms in total. The van der Waals surface area contributed by atoms with E-state index in [-0.39, 0.29) is 4.90 Å². The summed E-state index contributed by atoms with van der Waals surface area (Å²) >= 11 is 0. The molecule has 0 aliphatic heterocycles. The maximum absolute atomic E-state index is 12.4. The summed E-state index contributed by atoms with van der Waals surface area (Å²) in [6.45, 7) is 6.75. The van der Waals surface area contributed by atoms with Gasteiger partial charge in [-0.15, -0.1) is 0 Å². The molecular weight excluding hydrogens is 310 g/mol. The van der Waals surface area contributed by atoms with E-state index in [1.54, 1.807) is 36.4 Å². The van der Waals surface area contributed by atoms with E-state index in [1.807, 2.05) is 19.9 Å². The van der Waals surface area contributed by atoms with Crippen LogP contribution in [0, 0.1) is 13.8 Å². The van der Waals surface area contributed by atoms with Crippen molar-refractivity contribution in [3.63, 3.8) is 0 Å². The largest absolute Gasteiger partial charge is 0.329 e. The van der Waals surface area contributed by atoms with Crippen LogP contribution in [0.4, 0.5) is 5.69 Å². The number of anilines is 1. The Balaban J connectivity index is 1.96. The molecule has 0 saturated heterocycles. The third-order valence-corrected chi connectivity index (χ3v) is 5.24. The summed E-state index contributed by atoms with van der Waals surface area (Å²) in [5.74, 6) is 0.918. The van der Waals surface area contributed by atoms with E-state index >= 15 is 0 Å². The molecule has 0 saturated carbocycles. The average molecular weight is 329 g/mol. The van der Waals surface area contributed by atoms with Crippen LogP contribution in [0.2, 0.25) is 0 Å². The minimum absolute atomic E-state index is 0.249. The van der Waals surface area contributed by atoms with Gasteiger partial charge in [0.15, 0.2) is 0 Å². The fourth-order valence-electron chi connectivity index (χ4n) is 2.64. The Morgan fingerprint density at radius 2 is 1.78 bits per heavy atom. The SMILES string of the molecule is CCn1c(C)nc2cc(NS(=O)(=O)c3ccc(C)cc3)ccc21. The van der Waals surface area contributed by atoms with Gasteiger partial charge in [-0.2, -0.15) is 0 Å². The van der Waals surface area contributed by atoms with Gasteiger partial charge in [-0.3, -0.25) is 4.72 Å². The number of aryl methyl sites for hydroxylation is 3. The first-order chi connectivity index (χ1) is 10.9. The molecule has 0 spiro atoms. The zero-order valence-corrected chi connectivity index (χ0v) is 14.2. The summed E-state index contributed by atoms with van der Waals surface area (Å²) in [5.41, 5.74) is 3.32. The molecule has 1 heterocycles. The second kappa shape index (κ2) is 5.70. The first-order valence-electron chi connectivity index (χ1n) is 7.47. The van der Waals surface area contributed by atoms with Crippen LogP contribution in [0.3, 0.4) is 0 Å². The van der Waals surface area contributed by atoms with Gasteiger partial charge in [0.25, 0.3) is 10.0 Å². The van der Waals surface area contributed by atoms with Crippen LogP contribution in [0.1, 0.15) is 18.3 Å². The smallest absolute Gasteiger partial charge is 0.261 e. The van der Waals surface area contributed by atoms with Crippen molar-refractivity contribution < 1.29 is 8.42 Å². The molecule has 0 aliphatic carbocycles. The van der Waals surface area contributed by atoms with Gasteiger partial charge in [0.2, 0.25) is 0 Å². The lowest BCUT2D eigenvalue weighted by Gasteiger charge is -2.09. The number of aromatic nitrogens is 2. The normalized spacial score (nSPS) is 11.8. The quantitative estimate of drug-likeness (QED) is 0.797. The van der Waals surface area contributed by atoms with E-state index in [1.165, 1.54) is 0 Å². The molecule has 0 fully saturated rings. The topological polar surface area (TPSA) is 64.0 Å². The first-order valence-corrected chi connectivity index (χ1v) is 8.95. The molecule has 0 unspecified atom stereocenters. The number of sulfonamides is 1. The molecule has 23 heavy (non-hydrogen) atoms. The van der Waals surface area contributed by atoms with Crippen molar-refractivity contribution in [2.24, 2.45) is 0 Å². The Labute approximate surface area is 136 Å². The molecule has 120 valence electrons. The van der Waals surface area contributed by atoms with E-state index < -0.39 is 10.0 Å². The summed E-state index contributed by atoms with van der Waals surface area (Å²) in [5, 5.41) is 0. The van der Waals surface area contributed by atoms with Crippen molar-refractivity contribution in [1.29, 1.82) is 0 Å². The van der Waals surface area contributed by atoms with E-state index in [9.17, 15) is 8.42 Å². The number of benzene rings is 2. The van der Waals surface area contributed by atoms with Gasteiger partial charge in [-0.1, -0.05) is 17.7 Å². The molecule has 1 aromatic heterocycles. The van der Waals surface area contributed by atoms with Crippen molar-refractivity contribution in [2.75, 3.05) is 4.72 Å². The van der Waals surface area contributed by atoms with Gasteiger partial charge in [0.1, 0.15) is 5.82 Å². The Hall–Kier alpha value is -2.34. The number of hydrogen-bond donors (Lipinski definition) is 1. The summed E-state index contributed by atoms with van der Waals surface area (Å²) in [7, 11) is -3.59. The Morgan fingerprint density at radius 1 is 1.09 bits per heavy atom. The highest BCUT2D eigenvalue weighted by atomic mass is 32.2. The maximum Gasteiger partial charge on any atom is 0.261 e. The van der Waals surface area contributed by atoms with E-state index in [4.69, 9.17) is 0 Å². The van der Waals surface area contributed by atoms with E-state index in [0.717, 1.165) is 29.0 Å². The summed E-state index contributed by atoms with van der Waals surface area (Å²) < 4.78 is 29.6. The number of imidazole rings is 1. The lowest BCUT2D eigenvalue weighted by Crippen LogP contribution is -2.12. The summed E-state index contributed by atoms with van der Waals surface area (Å²) in [4.78, 5) is 4.74. The Bertz CT molecular complexity index is 957. The van der Waals surface area contributed by atoms with Crippen LogP contribution >= 0.6 is 0 Å². The number of nitrogens with one attached hydrogen (secondary N) is 1. The van der Waals surface area contributed by atoms with E-state index in [2.05, 4.69) is 21.2 Å². The molecule has 3 aromatic rings. The molecule has 1 N–H and O–H groups in total. The minimum atomic E-state index is -3.59. The van der Waals surface area contributed by atoms with Gasteiger partial charge in [0, 0.05) is 6.54 Å². The van der Waals surface area contributed by atoms with Crippen molar-refractivity contribution in [3.05, 3.63) is 53.9 Å². The number of nitrogens with zero attached hydrogens (tertiary/aromatic N) is 2. The summed E-state index contributed by atoms with van der Waals surface area (Å²) in [6, 6.07) is 12.2. The molecule has 3 rings (SSSR count). The van der Waals surface area contributed by atoms with Gasteiger partial charge in [-0.05, 0) is 51.1 Å². The fourth-order valence-corrected chi connectivity index (χ4v) is 3.69. The molecule has 6 heteroatoms. The van der Waals surface area contributed by atoms with Crippen molar-refractivity contribution in [1.82, 2.24) is 9.55 Å². The molecule has 0 radical (unpaired) electrons. The van der Waals surface area contributed by atoms with E-state index in [0.29, 0.717) is 5.69 Å². The van der Waals surface area contributed by atoms with Crippen LogP contribution in [-0.4, -0.2) is 18.0 Å². The summed E-state index contributed by atoms with van der Waals surface area (Å²) in [6.07, 6.45) is 0. The van der Waals surface area contributed by atoms with Crippen molar-refractivity contribution >= 4 is 26.7 Å². The standard InChI is InChI=1S/C17H19N3O2S/c1-4-20-13(3)18-16-11-14(7-10-17(16)20)19-23(21,22)15-8-5-12(2)6-9-15/h5-11,19H,4H2,1-3H3. The molecule has 0 aliphatic rings. The third-order valence-electron chi connectivity index (χ3n) is 3.84. The Morgan fingerprint density at radius 3 is 2.43 bits per heavy atom. The second-order valence-electron chi connectivity index (χ2n) is 5.53. The van der Waals surface area contributed by atoms with Crippen LogP contribution in [0.5, 0.6) is 0 Å². The van der Waals surface area contributed by atoms with Crippen LogP contribution in [0.15, 0.2) is 47.4 Å². The van der Waals surface area contributed by atoms with Crippen molar-refractivity contribution in [3.8, 4) is 0 Å². The number of fused-ring (bicyclic) bond motifs is 1. The van der Waals surface area contributed by atoms with Gasteiger partial charge in [0.05, 0.1) is 21.6 Å². The highest BCUT2D eigenvalue weighted by Gasteiger charge is 2.15. The predicted octanol–water partition coefficient (Wildman–Crippen LogP) is 3.47. The zero-order valence-electron chi connectivity index (χ0n) is 13.4. The van der Waals surface area contributed by atoms with Crippen LogP contribution in [0.25, 0.3) is 11.0 Å². The minimum Gasteiger partial charge on any atom is -0.329 e. The monoisotopic (exact) mass is 329 g/mol. The van der Waals surface area contributed by atoms with Gasteiger partial charge < -0.3 is 4.57 Å². The zero-order chi connectivity index (χ0) is 16.6. The van der Waals surface area contributed by atoms with Crippen LogP contribution in [-0.2, 0) is 16.6 Å². The third kappa shape index (κ3) is 2.94. The highest BCUT2D eigenvalue weighted by Crippen LogP contribution is 2.22. The molecule has 2 aromatic carbocycles. The second-order valence-corrected chi connectivity index (χ2v) is 7.21. The fraction of sp³-hybridized carbons (Fsp3) is 0.235. The molecule has 0 atom stereocenters. The van der Waals surface area contributed by atoms with Crippen molar-refractivity contribution in [2.45, 2.75) is 32.2 Å². The molecule has 0 bridgehead atoms. The Kier molecular flexibility index (Phi) is 3.85. The van der Waals surface area contributed by atoms with Gasteiger partial charge in [-0.25, -0.2) is 13.4 Å². The highest BCUT2D eigenvalue weighted by molar-refractivity contribution is 7.92. The average Bonchev–Trinajstić information content (AvgIpc) is 2.81. The van der Waals surface area contributed by atoms with Crippen LogP contribution < -0.4 is 4.72 Å². The molecular formula is C17H19N3O2S. The maximum atomic E-state index is 12.4. The predicted molar refractivity (Wildman–Crippen MR) is 92.1 cm³/mol. The first kappa shape index (κ1) is 15.6.